The summed E-state index contributed by atoms with van der Waals surface area (Å²) in [5.41, 5.74) is 1.15. The number of aromatic nitrogens is 2. The van der Waals surface area contributed by atoms with Gasteiger partial charge >= 0.3 is 0 Å². The summed E-state index contributed by atoms with van der Waals surface area (Å²) < 4.78 is 11.6. The second-order valence-electron chi connectivity index (χ2n) is 5.01. The summed E-state index contributed by atoms with van der Waals surface area (Å²) in [5.74, 6) is 0.142. The van der Waals surface area contributed by atoms with Crippen LogP contribution in [0.15, 0.2) is 22.6 Å². The highest BCUT2D eigenvalue weighted by Gasteiger charge is 2.29. The molecule has 0 aliphatic heterocycles. The summed E-state index contributed by atoms with van der Waals surface area (Å²) >= 11 is 2.95. The highest BCUT2D eigenvalue weighted by atomic mass is 32.2. The van der Waals surface area contributed by atoms with Crippen molar-refractivity contribution >= 4 is 39.8 Å². The van der Waals surface area contributed by atoms with Gasteiger partial charge in [-0.05, 0) is 24.5 Å². The van der Waals surface area contributed by atoms with E-state index in [0.717, 1.165) is 4.34 Å². The van der Waals surface area contributed by atoms with Crippen molar-refractivity contribution in [2.45, 2.75) is 10.9 Å². The lowest BCUT2D eigenvalue weighted by Gasteiger charge is -2.20. The zero-order valence-corrected chi connectivity index (χ0v) is 15.4. The van der Waals surface area contributed by atoms with Gasteiger partial charge in [-0.15, -0.1) is 10.2 Å². The minimum Gasteiger partial charge on any atom is -0.496 e. The molecular formula is C16H15N3O4S2. The first kappa shape index (κ1) is 17.4. The van der Waals surface area contributed by atoms with Crippen LogP contribution in [0.25, 0.3) is 0 Å². The fourth-order valence-electron chi connectivity index (χ4n) is 2.55. The Morgan fingerprint density at radius 2 is 1.84 bits per heavy atom. The Hall–Kier alpha value is -2.39. The lowest BCUT2D eigenvalue weighted by molar-refractivity contribution is 0.0988. The zero-order chi connectivity index (χ0) is 18.0. The van der Waals surface area contributed by atoms with E-state index in [-0.39, 0.29) is 22.7 Å². The predicted molar refractivity (Wildman–Crippen MR) is 96.4 cm³/mol. The summed E-state index contributed by atoms with van der Waals surface area (Å²) in [4.78, 5) is 24.5. The number of allylic oxidation sites excluding steroid dienone is 2. The van der Waals surface area contributed by atoms with Gasteiger partial charge in [-0.25, -0.2) is 0 Å². The summed E-state index contributed by atoms with van der Waals surface area (Å²) in [6, 6.07) is 1.70. The molecule has 130 valence electrons. The molecule has 0 unspecified atom stereocenters. The van der Waals surface area contributed by atoms with E-state index in [9.17, 15) is 9.59 Å². The molecule has 1 aromatic heterocycles. The SMILES string of the molecule is COc1cc(CNc2nnc(SC)s2)c(OC)c2c1C(=O)C=CC2=O. The summed E-state index contributed by atoms with van der Waals surface area (Å²) in [7, 11) is 2.93. The third-order valence-electron chi connectivity index (χ3n) is 3.63. The molecule has 7 nitrogen and oxygen atoms in total. The van der Waals surface area contributed by atoms with Crippen LogP contribution in [0, 0.1) is 0 Å². The molecule has 9 heteroatoms. The van der Waals surface area contributed by atoms with Gasteiger partial charge in [0.25, 0.3) is 0 Å². The van der Waals surface area contributed by atoms with E-state index >= 15 is 0 Å². The minimum atomic E-state index is -0.285. The molecule has 2 aromatic rings. The number of nitrogens with one attached hydrogen (secondary N) is 1. The molecule has 0 atom stereocenters. The Labute approximate surface area is 152 Å². The number of carbonyl (C=O) groups is 2. The van der Waals surface area contributed by atoms with Gasteiger partial charge in [0.1, 0.15) is 11.5 Å². The second-order valence-corrected chi connectivity index (χ2v) is 7.04. The van der Waals surface area contributed by atoms with Crippen LogP contribution in [-0.4, -0.2) is 42.2 Å². The number of hydrogen-bond donors (Lipinski definition) is 1. The van der Waals surface area contributed by atoms with Crippen molar-refractivity contribution in [3.63, 3.8) is 0 Å². The predicted octanol–water partition coefficient (Wildman–Crippen LogP) is 2.82. The quantitative estimate of drug-likeness (QED) is 0.769. The largest absolute Gasteiger partial charge is 0.496 e. The highest BCUT2D eigenvalue weighted by Crippen LogP contribution is 2.38. The smallest absolute Gasteiger partial charge is 0.206 e. The number of rotatable bonds is 6. The number of carbonyl (C=O) groups excluding carboxylic acids is 2. The Morgan fingerprint density at radius 3 is 2.44 bits per heavy atom. The molecule has 0 fully saturated rings. The number of anilines is 1. The molecule has 25 heavy (non-hydrogen) atoms. The van der Waals surface area contributed by atoms with E-state index < -0.39 is 0 Å². The molecule has 0 saturated heterocycles. The van der Waals surface area contributed by atoms with E-state index in [1.54, 1.807) is 6.07 Å². The number of thioether (sulfide) groups is 1. The Balaban J connectivity index is 2.00. The Bertz CT molecular complexity index is 877. The lowest BCUT2D eigenvalue weighted by Crippen LogP contribution is -2.17. The van der Waals surface area contributed by atoms with Crippen LogP contribution in [-0.2, 0) is 6.54 Å². The minimum absolute atomic E-state index is 0.230. The molecule has 1 N–H and O–H groups in total. The topological polar surface area (TPSA) is 90.4 Å². The molecule has 0 radical (unpaired) electrons. The zero-order valence-electron chi connectivity index (χ0n) is 13.8. The molecule has 1 aromatic carbocycles. The van der Waals surface area contributed by atoms with Gasteiger partial charge in [0, 0.05) is 12.1 Å². The van der Waals surface area contributed by atoms with Crippen molar-refractivity contribution in [3.8, 4) is 11.5 Å². The number of benzene rings is 1. The number of nitrogens with zero attached hydrogens (tertiary/aromatic N) is 2. The van der Waals surface area contributed by atoms with E-state index in [4.69, 9.17) is 9.47 Å². The number of ether oxygens (including phenoxy) is 2. The molecular weight excluding hydrogens is 362 g/mol. The average Bonchev–Trinajstić information content (AvgIpc) is 3.10. The van der Waals surface area contributed by atoms with Crippen molar-refractivity contribution < 1.29 is 19.1 Å². The summed E-state index contributed by atoms with van der Waals surface area (Å²) in [6.07, 6.45) is 4.42. The maximum atomic E-state index is 12.3. The molecule has 0 bridgehead atoms. The van der Waals surface area contributed by atoms with Crippen molar-refractivity contribution in [2.75, 3.05) is 25.8 Å². The standard InChI is InChI=1S/C16H15N3O4S2/c1-22-11-6-8(7-17-15-18-19-16(24-3)25-15)14(23-2)13-10(21)5-4-9(20)12(11)13/h4-6H,7H2,1-3H3,(H,17,18). The summed E-state index contributed by atoms with van der Waals surface area (Å²) in [5, 5.41) is 11.9. The number of hydrogen-bond acceptors (Lipinski definition) is 9. The Morgan fingerprint density at radius 1 is 1.12 bits per heavy atom. The van der Waals surface area contributed by atoms with Crippen molar-refractivity contribution in [3.05, 3.63) is 34.9 Å². The number of fused-ring (bicyclic) bond motifs is 1. The molecule has 1 aliphatic carbocycles. The van der Waals surface area contributed by atoms with Gasteiger partial charge in [-0.2, -0.15) is 0 Å². The van der Waals surface area contributed by atoms with E-state index in [1.807, 2.05) is 6.26 Å². The molecule has 3 rings (SSSR count). The number of methoxy groups -OCH3 is 2. The fraction of sp³-hybridized carbons (Fsp3) is 0.250. The molecule has 0 spiro atoms. The third kappa shape index (κ3) is 3.24. The van der Waals surface area contributed by atoms with Gasteiger partial charge < -0.3 is 14.8 Å². The van der Waals surface area contributed by atoms with Crippen LogP contribution < -0.4 is 14.8 Å². The van der Waals surface area contributed by atoms with Crippen molar-refractivity contribution in [1.29, 1.82) is 0 Å². The van der Waals surface area contributed by atoms with E-state index in [0.29, 0.717) is 28.7 Å². The van der Waals surface area contributed by atoms with E-state index in [1.165, 1.54) is 49.5 Å². The van der Waals surface area contributed by atoms with Gasteiger partial charge in [-0.1, -0.05) is 23.1 Å². The van der Waals surface area contributed by atoms with Gasteiger partial charge in [-0.3, -0.25) is 9.59 Å². The molecule has 1 heterocycles. The highest BCUT2D eigenvalue weighted by molar-refractivity contribution is 8.00. The van der Waals surface area contributed by atoms with Crippen LogP contribution >= 0.6 is 23.1 Å². The first-order valence-corrected chi connectivity index (χ1v) is 9.29. The number of ketones is 2. The van der Waals surface area contributed by atoms with Crippen molar-refractivity contribution in [1.82, 2.24) is 10.2 Å². The first-order chi connectivity index (χ1) is 12.1. The average molecular weight is 377 g/mol. The van der Waals surface area contributed by atoms with Crippen LogP contribution in [0.2, 0.25) is 0 Å². The van der Waals surface area contributed by atoms with Crippen LogP contribution in [0.3, 0.4) is 0 Å². The molecule has 0 saturated carbocycles. The van der Waals surface area contributed by atoms with Gasteiger partial charge in [0.05, 0.1) is 25.3 Å². The lowest BCUT2D eigenvalue weighted by atomic mass is 9.90. The van der Waals surface area contributed by atoms with Gasteiger partial charge in [0.2, 0.25) is 5.13 Å². The maximum Gasteiger partial charge on any atom is 0.206 e. The first-order valence-electron chi connectivity index (χ1n) is 7.25. The monoisotopic (exact) mass is 377 g/mol. The van der Waals surface area contributed by atoms with Crippen molar-refractivity contribution in [2.24, 2.45) is 0 Å². The molecule has 0 amide bonds. The third-order valence-corrected chi connectivity index (χ3v) is 5.49. The maximum absolute atomic E-state index is 12.3. The van der Waals surface area contributed by atoms with Gasteiger partial charge in [0.15, 0.2) is 15.9 Å². The van der Waals surface area contributed by atoms with E-state index in [2.05, 4.69) is 15.5 Å². The Kier molecular flexibility index (Phi) is 5.05. The van der Waals surface area contributed by atoms with Crippen LogP contribution in [0.4, 0.5) is 5.13 Å². The fourth-order valence-corrected chi connectivity index (χ4v) is 3.72. The summed E-state index contributed by atoms with van der Waals surface area (Å²) in [6.45, 7) is 0.348. The normalized spacial score (nSPS) is 12.9. The second kappa shape index (κ2) is 7.24. The van der Waals surface area contributed by atoms with Crippen LogP contribution in [0.1, 0.15) is 26.3 Å². The molecule has 1 aliphatic rings. The van der Waals surface area contributed by atoms with Crippen LogP contribution in [0.5, 0.6) is 11.5 Å².